The van der Waals surface area contributed by atoms with E-state index in [0.29, 0.717) is 36.9 Å². The molecular weight excluding hydrogens is 661 g/mol. The Kier molecular flexibility index (Phi) is 32.4. The molecule has 0 amide bonds. The number of aliphatic hydroxyl groups is 2. The zero-order valence-electron chi connectivity index (χ0n) is 10.4. The van der Waals surface area contributed by atoms with Gasteiger partial charge in [-0.2, -0.15) is 13.1 Å². The minimum Gasteiger partial charge on any atom is -0.677 e. The van der Waals surface area contributed by atoms with E-state index < -0.39 is 0 Å². The summed E-state index contributed by atoms with van der Waals surface area (Å²) in [7, 11) is 0. The monoisotopic (exact) mass is 681 g/mol. The van der Waals surface area contributed by atoms with Crippen molar-refractivity contribution in [1.29, 1.82) is 0 Å². The van der Waals surface area contributed by atoms with Crippen molar-refractivity contribution in [3.63, 3.8) is 0 Å². The van der Waals surface area contributed by atoms with Crippen molar-refractivity contribution < 1.29 is 31.0 Å². The average Bonchev–Trinajstić information content (AvgIpc) is 2.43. The summed E-state index contributed by atoms with van der Waals surface area (Å²) in [6.07, 6.45) is 1.83. The molecule has 0 unspecified atom stereocenters. The third-order valence-corrected chi connectivity index (χ3v) is 1.62. The minimum atomic E-state index is -0.375. The molecule has 0 aliphatic heterocycles. The zero-order valence-corrected chi connectivity index (χ0v) is 17.0. The molecule has 19 heavy (non-hydrogen) atoms. The van der Waals surface area contributed by atoms with Gasteiger partial charge in [-0.05, 0) is 0 Å². The number of hydrogen-bond acceptors (Lipinski definition) is 4. The Morgan fingerprint density at radius 1 is 0.895 bits per heavy atom. The molecule has 118 valence electrons. The van der Waals surface area contributed by atoms with E-state index in [2.05, 4.69) is 38.7 Å². The molecular formula is C10H20I2N2O4Pt. The van der Waals surface area contributed by atoms with Gasteiger partial charge < -0.3 is 21.7 Å². The van der Waals surface area contributed by atoms with Crippen molar-refractivity contribution in [3.05, 3.63) is 11.5 Å². The van der Waals surface area contributed by atoms with Crippen molar-refractivity contribution in [2.24, 2.45) is 0 Å². The summed E-state index contributed by atoms with van der Waals surface area (Å²) in [5.74, 6) is -0.338. The summed E-state index contributed by atoms with van der Waals surface area (Å²) >= 11 is 5.30. The quantitative estimate of drug-likeness (QED) is 0.383. The number of carbonyl (C=O) groups is 2. The molecule has 0 aromatic rings. The fourth-order valence-electron chi connectivity index (χ4n) is 0.729. The van der Waals surface area contributed by atoms with E-state index in [1.165, 1.54) is 0 Å². The van der Waals surface area contributed by atoms with Crippen molar-refractivity contribution in [2.75, 3.05) is 26.3 Å². The minimum absolute atomic E-state index is 0.169. The molecule has 6 nitrogen and oxygen atoms in total. The number of nitrogens with one attached hydrogen (secondary N) is 2. The second-order valence-electron chi connectivity index (χ2n) is 3.15. The van der Waals surface area contributed by atoms with Gasteiger partial charge in [0.25, 0.3) is 0 Å². The largest absolute Gasteiger partial charge is 0.677 e. The number of rotatable bonds is 8. The molecule has 0 fully saturated rings. The molecule has 4 N–H and O–H groups in total. The molecule has 0 aromatic heterocycles. The summed E-state index contributed by atoms with van der Waals surface area (Å²) in [5, 5.41) is 16.3. The Labute approximate surface area is 143 Å². The Hall–Kier alpha value is 1.33. The summed E-state index contributed by atoms with van der Waals surface area (Å²) in [5.41, 5.74) is 13.3. The topological polar surface area (TPSA) is 122 Å². The molecule has 0 radical (unpaired) electrons. The fraction of sp³-hybridized carbons (Fsp3) is 0.800. The molecule has 9 heteroatoms. The maximum absolute atomic E-state index is 10.2. The summed E-state index contributed by atoms with van der Waals surface area (Å²) < 4.78 is 0. The predicted molar refractivity (Wildman–Crippen MR) is 89.1 cm³/mol. The van der Waals surface area contributed by atoms with Gasteiger partial charge in [0, 0.05) is 12.8 Å². The van der Waals surface area contributed by atoms with Crippen molar-refractivity contribution in [3.8, 4) is 0 Å². The van der Waals surface area contributed by atoms with Crippen LogP contribution in [-0.2, 0) is 20.8 Å². The van der Waals surface area contributed by atoms with E-state index in [1.54, 1.807) is 0 Å². The van der Waals surface area contributed by atoms with Gasteiger partial charge in [0.1, 0.15) is 13.2 Å². The third kappa shape index (κ3) is 32.7. The van der Waals surface area contributed by atoms with Gasteiger partial charge in [-0.1, -0.05) is 12.8 Å². The van der Waals surface area contributed by atoms with E-state index in [9.17, 15) is 9.59 Å². The molecule has 0 heterocycles. The van der Waals surface area contributed by atoms with Crippen LogP contribution >= 0.6 is 38.7 Å². The van der Waals surface area contributed by atoms with Gasteiger partial charge in [0.05, 0.1) is 0 Å². The van der Waals surface area contributed by atoms with E-state index in [-0.39, 0.29) is 37.9 Å². The molecule has 0 aromatic carbocycles. The van der Waals surface area contributed by atoms with Gasteiger partial charge in [0.15, 0.2) is 11.6 Å². The molecule has 0 aliphatic rings. The predicted octanol–water partition coefficient (Wildman–Crippen LogP) is 2.53. The Morgan fingerprint density at radius 3 is 1.32 bits per heavy atom. The number of Topliss-reactive ketones (excluding diaryl/α,β-unsaturated/α-hetero) is 2. The Balaban J connectivity index is -0.000000224. The normalized spacial score (nSPS) is 8.95. The molecule has 0 bridgehead atoms. The summed E-state index contributed by atoms with van der Waals surface area (Å²) in [4.78, 5) is 20.5. The first-order valence-corrected chi connectivity index (χ1v) is 18.3. The van der Waals surface area contributed by atoms with E-state index in [0.717, 1.165) is 0 Å². The first kappa shape index (κ1) is 25.3. The van der Waals surface area contributed by atoms with Gasteiger partial charge in [-0.3, -0.25) is 9.59 Å². The van der Waals surface area contributed by atoms with Crippen molar-refractivity contribution >= 4 is 50.3 Å². The molecule has 0 rings (SSSR count). The third-order valence-electron chi connectivity index (χ3n) is 1.62. The van der Waals surface area contributed by atoms with Crippen LogP contribution in [0.4, 0.5) is 0 Å². The van der Waals surface area contributed by atoms with Crippen LogP contribution in [0.5, 0.6) is 0 Å². The number of halogens is 2. The number of aliphatic hydroxyl groups excluding tert-OH is 2. The first-order valence-electron chi connectivity index (χ1n) is 5.40. The summed E-state index contributed by atoms with van der Waals surface area (Å²) in [6, 6.07) is 0. The van der Waals surface area contributed by atoms with Gasteiger partial charge in [-0.15, -0.1) is 0 Å². The van der Waals surface area contributed by atoms with Crippen LogP contribution in [0.2, 0.25) is 0 Å². The fourth-order valence-corrected chi connectivity index (χ4v) is 0.729. The standard InChI is InChI=1S/2C5H10NO2.2HI.Pt/c2*6-3-1-2-5(8)4-7;;;/h2*6-7H,1-4H2;2*1H;/q2*-1;;;+4/p-2. The van der Waals surface area contributed by atoms with Crippen LogP contribution in [0.1, 0.15) is 25.7 Å². The number of carbonyl (C=O) groups excluding carboxylic acids is 2. The average molecular weight is 681 g/mol. The second kappa shape index (κ2) is 24.4. The van der Waals surface area contributed by atoms with Crippen LogP contribution in [0, 0.1) is 0 Å². The van der Waals surface area contributed by atoms with E-state index >= 15 is 0 Å². The van der Waals surface area contributed by atoms with Gasteiger partial charge in [0.2, 0.25) is 0 Å². The van der Waals surface area contributed by atoms with E-state index in [4.69, 9.17) is 21.7 Å². The second-order valence-corrected chi connectivity index (χ2v) is 19.7. The van der Waals surface area contributed by atoms with Gasteiger partial charge >= 0.3 is 49.9 Å². The summed E-state index contributed by atoms with van der Waals surface area (Å²) in [6.45, 7) is -0.211. The van der Waals surface area contributed by atoms with Crippen LogP contribution in [0.15, 0.2) is 0 Å². The SMILES string of the molecule is [I][Pt+2][I].[NH-]CCCC(=O)CO.[NH-]CCCC(=O)CO. The van der Waals surface area contributed by atoms with Crippen LogP contribution in [0.3, 0.4) is 0 Å². The first-order chi connectivity index (χ1) is 9.03. The molecule has 0 aliphatic carbocycles. The smallest absolute Gasteiger partial charge is 0.158 e. The van der Waals surface area contributed by atoms with Crippen LogP contribution < -0.4 is 0 Å². The molecule has 0 saturated heterocycles. The maximum atomic E-state index is 10.2. The molecule has 0 spiro atoms. The van der Waals surface area contributed by atoms with Gasteiger partial charge in [-0.25, -0.2) is 0 Å². The van der Waals surface area contributed by atoms with Crippen molar-refractivity contribution in [1.82, 2.24) is 0 Å². The van der Waals surface area contributed by atoms with Crippen molar-refractivity contribution in [2.45, 2.75) is 25.7 Å². The molecule has 0 saturated carbocycles. The number of ketones is 2. The molecule has 0 atom stereocenters. The number of hydrogen-bond donors (Lipinski definition) is 2. The van der Waals surface area contributed by atoms with Crippen LogP contribution in [-0.4, -0.2) is 48.1 Å². The maximum Gasteiger partial charge on any atom is 0.158 e. The Morgan fingerprint density at radius 2 is 1.16 bits per heavy atom. The van der Waals surface area contributed by atoms with E-state index in [1.807, 2.05) is 0 Å². The van der Waals surface area contributed by atoms with Crippen LogP contribution in [0.25, 0.3) is 11.5 Å². The zero-order chi connectivity index (χ0) is 15.5. The Bertz CT molecular complexity index is 192.